The number of anilines is 1. The maximum absolute atomic E-state index is 12.7. The number of nitrogens with one attached hydrogen (secondary N) is 1. The summed E-state index contributed by atoms with van der Waals surface area (Å²) < 4.78 is 5.83. The highest BCUT2D eigenvalue weighted by atomic mass is 32.1. The van der Waals surface area contributed by atoms with Gasteiger partial charge in [0.15, 0.2) is 0 Å². The van der Waals surface area contributed by atoms with Crippen molar-refractivity contribution in [1.29, 1.82) is 0 Å². The number of thiophene rings is 1. The van der Waals surface area contributed by atoms with E-state index < -0.39 is 0 Å². The first-order valence-corrected chi connectivity index (χ1v) is 7.31. The second-order valence-electron chi connectivity index (χ2n) is 5.85. The minimum Gasteiger partial charge on any atom is -0.370 e. The van der Waals surface area contributed by atoms with Crippen molar-refractivity contribution in [3.63, 3.8) is 0 Å². The van der Waals surface area contributed by atoms with Crippen molar-refractivity contribution in [3.05, 3.63) is 16.0 Å². The summed E-state index contributed by atoms with van der Waals surface area (Å²) in [6, 6.07) is 0. The molecule has 3 aliphatic rings. The molecule has 0 fully saturated rings. The molecule has 0 radical (unpaired) electrons. The van der Waals surface area contributed by atoms with Crippen LogP contribution in [0.15, 0.2) is 10.4 Å². The van der Waals surface area contributed by atoms with Gasteiger partial charge in [0, 0.05) is 18.3 Å². The van der Waals surface area contributed by atoms with Crippen LogP contribution in [-0.2, 0) is 17.8 Å². The minimum atomic E-state index is -0.316. The van der Waals surface area contributed by atoms with Gasteiger partial charge in [-0.15, -0.1) is 11.3 Å². The van der Waals surface area contributed by atoms with Gasteiger partial charge in [-0.05, 0) is 29.9 Å². The molecule has 1 aromatic heterocycles. The van der Waals surface area contributed by atoms with Gasteiger partial charge in [-0.3, -0.25) is 4.79 Å². The first kappa shape index (κ1) is 12.1. The van der Waals surface area contributed by atoms with Crippen LogP contribution in [0, 0.1) is 0 Å². The third-order valence-electron chi connectivity index (χ3n) is 3.83. The molecule has 1 aromatic rings. The quantitative estimate of drug-likeness (QED) is 0.794. The van der Waals surface area contributed by atoms with Gasteiger partial charge in [-0.1, -0.05) is 0 Å². The van der Waals surface area contributed by atoms with Crippen LogP contribution in [0.25, 0.3) is 0 Å². The SMILES string of the molecule is CN1N=NN2C(=O)c3c(sc4c3CC(C)(C)OC4)NC12. The van der Waals surface area contributed by atoms with Crippen LogP contribution in [0.1, 0.15) is 34.6 Å². The smallest absolute Gasteiger partial charge is 0.282 e. The summed E-state index contributed by atoms with van der Waals surface area (Å²) in [5, 5.41) is 15.1. The fourth-order valence-corrected chi connectivity index (χ4v) is 3.92. The second-order valence-corrected chi connectivity index (χ2v) is 6.96. The summed E-state index contributed by atoms with van der Waals surface area (Å²) in [5.41, 5.74) is 1.61. The number of carbonyl (C=O) groups excluding carboxylic acids is 1. The van der Waals surface area contributed by atoms with Gasteiger partial charge in [-0.2, -0.15) is 5.01 Å². The number of carbonyl (C=O) groups is 1. The van der Waals surface area contributed by atoms with E-state index in [2.05, 4.69) is 15.8 Å². The highest BCUT2D eigenvalue weighted by molar-refractivity contribution is 7.16. The van der Waals surface area contributed by atoms with E-state index in [-0.39, 0.29) is 17.8 Å². The van der Waals surface area contributed by atoms with E-state index >= 15 is 0 Å². The van der Waals surface area contributed by atoms with Gasteiger partial charge in [0.2, 0.25) is 6.29 Å². The van der Waals surface area contributed by atoms with Gasteiger partial charge >= 0.3 is 0 Å². The van der Waals surface area contributed by atoms with Crippen LogP contribution in [0.4, 0.5) is 5.00 Å². The van der Waals surface area contributed by atoms with Gasteiger partial charge in [0.05, 0.1) is 17.8 Å². The average molecular weight is 293 g/mol. The zero-order valence-corrected chi connectivity index (χ0v) is 12.3. The fourth-order valence-electron chi connectivity index (χ4n) is 2.78. The molecule has 1 unspecified atom stereocenters. The molecule has 0 aromatic carbocycles. The zero-order chi connectivity index (χ0) is 14.1. The molecule has 0 aliphatic carbocycles. The van der Waals surface area contributed by atoms with Crippen molar-refractivity contribution >= 4 is 22.2 Å². The second kappa shape index (κ2) is 3.70. The van der Waals surface area contributed by atoms with E-state index in [1.54, 1.807) is 23.4 Å². The van der Waals surface area contributed by atoms with Gasteiger partial charge in [0.1, 0.15) is 5.00 Å². The molecule has 1 atom stereocenters. The Morgan fingerprint density at radius 3 is 3.05 bits per heavy atom. The Kier molecular flexibility index (Phi) is 2.24. The highest BCUT2D eigenvalue weighted by Crippen LogP contribution is 2.44. The number of amides is 1. The molecular weight excluding hydrogens is 278 g/mol. The highest BCUT2D eigenvalue weighted by Gasteiger charge is 2.43. The monoisotopic (exact) mass is 293 g/mol. The van der Waals surface area contributed by atoms with Crippen LogP contribution in [0.5, 0.6) is 0 Å². The molecule has 0 spiro atoms. The van der Waals surface area contributed by atoms with Crippen LogP contribution in [0.2, 0.25) is 0 Å². The number of hydrogen-bond acceptors (Lipinski definition) is 7. The Balaban J connectivity index is 1.81. The summed E-state index contributed by atoms with van der Waals surface area (Å²) in [7, 11) is 1.79. The Labute approximate surface area is 120 Å². The van der Waals surface area contributed by atoms with E-state index in [1.165, 1.54) is 5.01 Å². The van der Waals surface area contributed by atoms with E-state index in [0.29, 0.717) is 6.61 Å². The lowest BCUT2D eigenvalue weighted by Crippen LogP contribution is -2.49. The Bertz CT molecular complexity index is 638. The van der Waals surface area contributed by atoms with Crippen molar-refractivity contribution in [3.8, 4) is 0 Å². The van der Waals surface area contributed by atoms with Crippen molar-refractivity contribution in [1.82, 2.24) is 10.0 Å². The van der Waals surface area contributed by atoms with Crippen molar-refractivity contribution in [2.45, 2.75) is 38.8 Å². The molecule has 0 bridgehead atoms. The Morgan fingerprint density at radius 1 is 1.45 bits per heavy atom. The number of rotatable bonds is 0. The summed E-state index contributed by atoms with van der Waals surface area (Å²) in [6.07, 6.45) is 0.427. The number of hydrogen-bond donors (Lipinski definition) is 1. The molecule has 1 amide bonds. The third-order valence-corrected chi connectivity index (χ3v) is 4.97. The molecule has 8 heteroatoms. The minimum absolute atomic E-state index is 0.0768. The fraction of sp³-hybridized carbons (Fsp3) is 0.583. The summed E-state index contributed by atoms with van der Waals surface area (Å²) in [5.74, 6) is -0.0768. The molecular formula is C12H15N5O2S. The van der Waals surface area contributed by atoms with Gasteiger partial charge < -0.3 is 10.1 Å². The van der Waals surface area contributed by atoms with Gasteiger partial charge in [-0.25, -0.2) is 5.01 Å². The lowest BCUT2D eigenvalue weighted by atomic mass is 9.92. The maximum Gasteiger partial charge on any atom is 0.282 e. The van der Waals surface area contributed by atoms with Crippen LogP contribution >= 0.6 is 11.3 Å². The van der Waals surface area contributed by atoms with Crippen molar-refractivity contribution < 1.29 is 9.53 Å². The Hall–Kier alpha value is -1.67. The van der Waals surface area contributed by atoms with E-state index in [1.807, 2.05) is 13.8 Å². The first-order valence-electron chi connectivity index (χ1n) is 6.49. The zero-order valence-electron chi connectivity index (χ0n) is 11.5. The number of fused-ring (bicyclic) bond motifs is 4. The Morgan fingerprint density at radius 2 is 2.25 bits per heavy atom. The molecule has 4 heterocycles. The normalized spacial score (nSPS) is 26.1. The lowest BCUT2D eigenvalue weighted by Gasteiger charge is -2.32. The summed E-state index contributed by atoms with van der Waals surface area (Å²) in [4.78, 5) is 13.8. The summed E-state index contributed by atoms with van der Waals surface area (Å²) in [6.45, 7) is 4.66. The maximum atomic E-state index is 12.7. The number of nitrogens with zero attached hydrogens (tertiary/aromatic N) is 4. The van der Waals surface area contributed by atoms with E-state index in [0.717, 1.165) is 27.4 Å². The molecule has 3 aliphatic heterocycles. The molecule has 0 saturated carbocycles. The molecule has 0 saturated heterocycles. The molecule has 7 nitrogen and oxygen atoms in total. The first-order chi connectivity index (χ1) is 9.46. The van der Waals surface area contributed by atoms with Crippen LogP contribution in [0.3, 0.4) is 0 Å². The molecule has 106 valence electrons. The van der Waals surface area contributed by atoms with Crippen LogP contribution < -0.4 is 5.32 Å². The van der Waals surface area contributed by atoms with Crippen molar-refractivity contribution in [2.75, 3.05) is 12.4 Å². The largest absolute Gasteiger partial charge is 0.370 e. The average Bonchev–Trinajstić information content (AvgIpc) is 2.91. The third kappa shape index (κ3) is 1.52. The van der Waals surface area contributed by atoms with Crippen molar-refractivity contribution in [2.24, 2.45) is 10.4 Å². The van der Waals surface area contributed by atoms with Crippen LogP contribution in [-0.4, -0.2) is 34.9 Å². The summed E-state index contributed by atoms with van der Waals surface area (Å²) >= 11 is 1.60. The topological polar surface area (TPSA) is 69.5 Å². The van der Waals surface area contributed by atoms with Gasteiger partial charge in [0.25, 0.3) is 5.91 Å². The number of ether oxygens (including phenoxy) is 1. The predicted molar refractivity (Wildman–Crippen MR) is 73.1 cm³/mol. The van der Waals surface area contributed by atoms with E-state index in [4.69, 9.17) is 4.74 Å². The molecule has 20 heavy (non-hydrogen) atoms. The standard InChI is InChI=1S/C12H15N5O2S/c1-12(2)4-6-7(5-19-12)20-9-8(6)10(18)17-11(13-9)16(3)14-15-17/h11,13H,4-5H2,1-3H3. The molecule has 1 N–H and O–H groups in total. The molecule has 4 rings (SSSR count). The van der Waals surface area contributed by atoms with E-state index in [9.17, 15) is 4.79 Å². The lowest BCUT2D eigenvalue weighted by molar-refractivity contribution is -0.0384. The predicted octanol–water partition coefficient (Wildman–Crippen LogP) is 1.98.